The average molecular weight is 190 g/mol. The molecule has 1 N–H and O–H groups in total. The van der Waals surface area contributed by atoms with Gasteiger partial charge in [-0.3, -0.25) is 0 Å². The van der Waals surface area contributed by atoms with Crippen LogP contribution in [0.25, 0.3) is 0 Å². The van der Waals surface area contributed by atoms with Crippen LogP contribution in [0.15, 0.2) is 18.2 Å². The summed E-state index contributed by atoms with van der Waals surface area (Å²) in [6.07, 6.45) is 3.98. The lowest BCUT2D eigenvalue weighted by Crippen LogP contribution is -1.97. The highest BCUT2D eigenvalue weighted by Crippen LogP contribution is 2.35. The number of benzene rings is 1. The van der Waals surface area contributed by atoms with Crippen LogP contribution in [0.3, 0.4) is 0 Å². The van der Waals surface area contributed by atoms with Crippen molar-refractivity contribution in [1.82, 2.24) is 0 Å². The van der Waals surface area contributed by atoms with Crippen LogP contribution in [0.2, 0.25) is 0 Å². The fourth-order valence-electron chi connectivity index (χ4n) is 1.94. The molecular formula is C13H18O. The van der Waals surface area contributed by atoms with Gasteiger partial charge in [0.25, 0.3) is 0 Å². The molecule has 0 amide bonds. The molecule has 0 radical (unpaired) electrons. The summed E-state index contributed by atoms with van der Waals surface area (Å²) in [5.41, 5.74) is 2.75. The van der Waals surface area contributed by atoms with Gasteiger partial charge in [0, 0.05) is 0 Å². The quantitative estimate of drug-likeness (QED) is 0.773. The van der Waals surface area contributed by atoms with Crippen LogP contribution in [0.4, 0.5) is 0 Å². The second-order valence-corrected chi connectivity index (χ2v) is 4.69. The Bertz CT molecular complexity index is 324. The summed E-state index contributed by atoms with van der Waals surface area (Å²) in [4.78, 5) is 0. The molecule has 1 saturated carbocycles. The van der Waals surface area contributed by atoms with E-state index >= 15 is 0 Å². The largest absolute Gasteiger partial charge is 0.508 e. The lowest BCUT2D eigenvalue weighted by molar-refractivity contribution is 0.473. The number of hydrogen-bond donors (Lipinski definition) is 1. The molecular weight excluding hydrogens is 172 g/mol. The zero-order chi connectivity index (χ0) is 10.1. The van der Waals surface area contributed by atoms with E-state index in [-0.39, 0.29) is 0 Å². The van der Waals surface area contributed by atoms with E-state index in [0.717, 1.165) is 5.92 Å². The van der Waals surface area contributed by atoms with Gasteiger partial charge in [-0.05, 0) is 54.4 Å². The Labute approximate surface area is 85.8 Å². The predicted octanol–water partition coefficient (Wildman–Crippen LogP) is 3.47. The van der Waals surface area contributed by atoms with Gasteiger partial charge in [-0.15, -0.1) is 0 Å². The molecule has 0 unspecified atom stereocenters. The van der Waals surface area contributed by atoms with Crippen molar-refractivity contribution in [2.45, 2.75) is 39.0 Å². The highest BCUT2D eigenvalue weighted by molar-refractivity contribution is 5.37. The van der Waals surface area contributed by atoms with E-state index in [1.807, 2.05) is 12.1 Å². The first-order valence-corrected chi connectivity index (χ1v) is 5.48. The Kier molecular flexibility index (Phi) is 2.49. The molecule has 1 aromatic rings. The summed E-state index contributed by atoms with van der Waals surface area (Å²) in [5, 5.41) is 9.44. The van der Waals surface area contributed by atoms with Crippen molar-refractivity contribution in [1.29, 1.82) is 0 Å². The van der Waals surface area contributed by atoms with E-state index in [2.05, 4.69) is 19.9 Å². The molecule has 0 saturated heterocycles. The maximum atomic E-state index is 9.44. The first-order chi connectivity index (χ1) is 6.66. The molecule has 0 heterocycles. The van der Waals surface area contributed by atoms with E-state index in [1.165, 1.54) is 30.4 Å². The van der Waals surface area contributed by atoms with Gasteiger partial charge in [0.15, 0.2) is 0 Å². The summed E-state index contributed by atoms with van der Waals surface area (Å²) >= 11 is 0. The highest BCUT2D eigenvalue weighted by atomic mass is 16.3. The molecule has 1 fully saturated rings. The number of aromatic hydroxyl groups is 1. The summed E-state index contributed by atoms with van der Waals surface area (Å²) in [6.45, 7) is 4.37. The second-order valence-electron chi connectivity index (χ2n) is 4.69. The van der Waals surface area contributed by atoms with Crippen LogP contribution in [-0.2, 0) is 6.42 Å². The van der Waals surface area contributed by atoms with Crippen LogP contribution in [0.5, 0.6) is 5.75 Å². The third-order valence-corrected chi connectivity index (χ3v) is 2.96. The monoisotopic (exact) mass is 190 g/mol. The van der Waals surface area contributed by atoms with Gasteiger partial charge in [0.2, 0.25) is 0 Å². The van der Waals surface area contributed by atoms with Crippen LogP contribution < -0.4 is 0 Å². The Balaban J connectivity index is 2.26. The number of hydrogen-bond acceptors (Lipinski definition) is 1. The lowest BCUT2D eigenvalue weighted by Gasteiger charge is -2.12. The fourth-order valence-corrected chi connectivity index (χ4v) is 1.94. The maximum Gasteiger partial charge on any atom is 0.115 e. The molecule has 0 aromatic heterocycles. The molecule has 0 bridgehead atoms. The standard InChI is InChI=1S/C13H18O/c1-9(2)13-8-12(14)6-5-11(13)7-10-3-4-10/h5-6,8-10,14H,3-4,7H2,1-2H3. The maximum absolute atomic E-state index is 9.44. The fraction of sp³-hybridized carbons (Fsp3) is 0.538. The highest BCUT2D eigenvalue weighted by Gasteiger charge is 2.23. The predicted molar refractivity (Wildman–Crippen MR) is 58.6 cm³/mol. The molecule has 1 aromatic carbocycles. The lowest BCUT2D eigenvalue weighted by atomic mass is 9.94. The minimum atomic E-state index is 0.397. The Morgan fingerprint density at radius 3 is 2.64 bits per heavy atom. The first-order valence-electron chi connectivity index (χ1n) is 5.48. The summed E-state index contributed by atoms with van der Waals surface area (Å²) in [5.74, 6) is 1.82. The molecule has 0 aliphatic heterocycles. The molecule has 1 heteroatoms. The molecule has 14 heavy (non-hydrogen) atoms. The zero-order valence-electron chi connectivity index (χ0n) is 8.96. The molecule has 0 spiro atoms. The van der Waals surface area contributed by atoms with Crippen molar-refractivity contribution < 1.29 is 5.11 Å². The van der Waals surface area contributed by atoms with Crippen molar-refractivity contribution >= 4 is 0 Å². The van der Waals surface area contributed by atoms with Gasteiger partial charge in [-0.25, -0.2) is 0 Å². The minimum Gasteiger partial charge on any atom is -0.508 e. The molecule has 1 aliphatic rings. The average Bonchev–Trinajstić information content (AvgIpc) is 2.91. The van der Waals surface area contributed by atoms with Gasteiger partial charge in [-0.1, -0.05) is 19.9 Å². The van der Waals surface area contributed by atoms with Gasteiger partial charge in [0.05, 0.1) is 0 Å². The smallest absolute Gasteiger partial charge is 0.115 e. The van der Waals surface area contributed by atoms with Gasteiger partial charge in [0.1, 0.15) is 5.75 Å². The second kappa shape index (κ2) is 3.64. The number of phenolic OH excluding ortho intramolecular Hbond substituents is 1. The van der Waals surface area contributed by atoms with Crippen LogP contribution >= 0.6 is 0 Å². The normalized spacial score (nSPS) is 16.2. The topological polar surface area (TPSA) is 20.2 Å². The van der Waals surface area contributed by atoms with Gasteiger partial charge < -0.3 is 5.11 Å². The molecule has 0 atom stereocenters. The summed E-state index contributed by atoms with van der Waals surface area (Å²) in [7, 11) is 0. The van der Waals surface area contributed by atoms with Gasteiger partial charge in [-0.2, -0.15) is 0 Å². The van der Waals surface area contributed by atoms with Crippen molar-refractivity contribution in [2.24, 2.45) is 5.92 Å². The van der Waals surface area contributed by atoms with E-state index in [9.17, 15) is 5.11 Å². The van der Waals surface area contributed by atoms with Crippen molar-refractivity contribution in [3.05, 3.63) is 29.3 Å². The Morgan fingerprint density at radius 1 is 1.36 bits per heavy atom. The number of rotatable bonds is 3. The van der Waals surface area contributed by atoms with E-state index in [4.69, 9.17) is 0 Å². The SMILES string of the molecule is CC(C)c1cc(O)ccc1CC1CC1. The third kappa shape index (κ3) is 2.09. The minimum absolute atomic E-state index is 0.397. The van der Waals surface area contributed by atoms with Gasteiger partial charge >= 0.3 is 0 Å². The first kappa shape index (κ1) is 9.57. The molecule has 1 aliphatic carbocycles. The van der Waals surface area contributed by atoms with Crippen LogP contribution in [0, 0.1) is 5.92 Å². The van der Waals surface area contributed by atoms with Crippen LogP contribution in [-0.4, -0.2) is 5.11 Å². The third-order valence-electron chi connectivity index (χ3n) is 2.96. The molecule has 1 nitrogen and oxygen atoms in total. The van der Waals surface area contributed by atoms with E-state index in [0.29, 0.717) is 11.7 Å². The van der Waals surface area contributed by atoms with E-state index < -0.39 is 0 Å². The molecule has 76 valence electrons. The summed E-state index contributed by atoms with van der Waals surface area (Å²) in [6, 6.07) is 5.81. The van der Waals surface area contributed by atoms with Crippen molar-refractivity contribution in [3.63, 3.8) is 0 Å². The van der Waals surface area contributed by atoms with Crippen LogP contribution in [0.1, 0.15) is 43.7 Å². The van der Waals surface area contributed by atoms with Crippen molar-refractivity contribution in [3.8, 4) is 5.75 Å². The van der Waals surface area contributed by atoms with E-state index in [1.54, 1.807) is 0 Å². The molecule has 2 rings (SSSR count). The Hall–Kier alpha value is -0.980. The zero-order valence-corrected chi connectivity index (χ0v) is 8.96. The Morgan fingerprint density at radius 2 is 2.07 bits per heavy atom. The van der Waals surface area contributed by atoms with Crippen molar-refractivity contribution in [2.75, 3.05) is 0 Å². The number of phenols is 1. The summed E-state index contributed by atoms with van der Waals surface area (Å²) < 4.78 is 0.